The molecule has 0 aliphatic rings. The fourth-order valence-electron chi connectivity index (χ4n) is 0. The van der Waals surface area contributed by atoms with Gasteiger partial charge in [-0.15, -0.1) is 0 Å². The molecule has 0 unspecified atom stereocenters. The summed E-state index contributed by atoms with van der Waals surface area (Å²) < 4.78 is 1.94. The molecule has 5 nitrogen and oxygen atoms in total. The van der Waals surface area contributed by atoms with E-state index in [-0.39, 0.29) is 17.1 Å². The number of carboxylic acid groups (broad SMARTS) is 2. The van der Waals surface area contributed by atoms with Gasteiger partial charge in [-0.05, 0) is 0 Å². The van der Waals surface area contributed by atoms with Crippen molar-refractivity contribution < 1.29 is 19.8 Å². The molecule has 0 aromatic carbocycles. The van der Waals surface area contributed by atoms with Crippen LogP contribution < -0.4 is 0 Å². The molecule has 7 heteroatoms. The molecule has 0 aliphatic heterocycles. The number of carboxylic acids is 2. The van der Waals surface area contributed by atoms with Crippen molar-refractivity contribution in [3.8, 4) is 0.164 Å². The van der Waals surface area contributed by atoms with E-state index < -0.39 is 11.9 Å². The van der Waals surface area contributed by atoms with Crippen molar-refractivity contribution in [2.45, 2.75) is 13.8 Å². The fraction of sp³-hybridized carbons (Fsp3) is 0.400. The summed E-state index contributed by atoms with van der Waals surface area (Å²) in [4.78, 5) is 18.0. The molecule has 0 aliphatic carbocycles. The van der Waals surface area contributed by atoms with E-state index >= 15 is 0 Å². The zero-order valence-electron chi connectivity index (χ0n) is 7.16. The molecule has 0 spiro atoms. The first-order valence-corrected chi connectivity index (χ1v) is 4.14. The van der Waals surface area contributed by atoms with Gasteiger partial charge < -0.3 is 10.2 Å². The minimum atomic E-state index is -0.833. The third-order valence-corrected chi connectivity index (χ3v) is 0. The van der Waals surface area contributed by atoms with E-state index in [1.807, 2.05) is 0.164 Å². The topological polar surface area (TPSA) is 98.4 Å². The summed E-state index contributed by atoms with van der Waals surface area (Å²) in [6.07, 6.45) is 0. The van der Waals surface area contributed by atoms with Crippen LogP contribution in [0.3, 0.4) is 0 Å². The van der Waals surface area contributed by atoms with Gasteiger partial charge in [0.15, 0.2) is 0 Å². The Balaban J connectivity index is -0.0000000389. The maximum absolute atomic E-state index is 9.00. The average molecular weight is 266 g/mol. The SMILES string of the molecule is CC(=O)O.CC(=O)O.N#[C][K].[SeH2]. The molecule has 12 heavy (non-hydrogen) atoms. The average Bonchev–Trinajstić information content (AvgIpc) is 1.60. The second-order valence-electron chi connectivity index (χ2n) is 1.26. The van der Waals surface area contributed by atoms with E-state index in [0.717, 1.165) is 13.8 Å². The monoisotopic (exact) mass is 267 g/mol. The van der Waals surface area contributed by atoms with Crippen LogP contribution >= 0.6 is 0 Å². The van der Waals surface area contributed by atoms with Crippen molar-refractivity contribution in [3.05, 3.63) is 0 Å². The Morgan fingerprint density at radius 2 is 1.25 bits per heavy atom. The number of hydrogen-bond acceptors (Lipinski definition) is 3. The van der Waals surface area contributed by atoms with Gasteiger partial charge >= 0.3 is 71.4 Å². The predicted octanol–water partition coefficient (Wildman–Crippen LogP) is -1.10. The van der Waals surface area contributed by atoms with E-state index in [0.29, 0.717) is 49.0 Å². The Hall–Kier alpha value is 0.586. The van der Waals surface area contributed by atoms with Gasteiger partial charge in [0.1, 0.15) is 0 Å². The van der Waals surface area contributed by atoms with Gasteiger partial charge in [-0.2, -0.15) is 0 Å². The first-order chi connectivity index (χ1) is 4.88. The molecule has 0 radical (unpaired) electrons. The summed E-state index contributed by atoms with van der Waals surface area (Å²) in [5, 5.41) is 22.2. The summed E-state index contributed by atoms with van der Waals surface area (Å²) in [5.74, 6) is -1.67. The summed E-state index contributed by atoms with van der Waals surface area (Å²) in [7, 11) is 0. The zero-order chi connectivity index (χ0) is 9.86. The number of nitriles is 1. The summed E-state index contributed by atoms with van der Waals surface area (Å²) in [6.45, 7) is 2.17. The molecule has 0 fully saturated rings. The molecule has 0 saturated heterocycles. The van der Waals surface area contributed by atoms with Gasteiger partial charge in [-0.3, -0.25) is 9.59 Å². The van der Waals surface area contributed by atoms with Crippen LogP contribution in [-0.2, 0) is 9.59 Å². The van der Waals surface area contributed by atoms with Crippen molar-refractivity contribution >= 4 is 78.0 Å². The van der Waals surface area contributed by atoms with Crippen LogP contribution in [0.1, 0.15) is 13.8 Å². The van der Waals surface area contributed by atoms with Gasteiger partial charge in [0.25, 0.3) is 11.9 Å². The van der Waals surface area contributed by atoms with Crippen LogP contribution in [0.4, 0.5) is 0 Å². The van der Waals surface area contributed by atoms with Gasteiger partial charge in [0.2, 0.25) is 0 Å². The van der Waals surface area contributed by atoms with Gasteiger partial charge in [0.05, 0.1) is 0 Å². The third-order valence-electron chi connectivity index (χ3n) is 0. The summed E-state index contributed by atoms with van der Waals surface area (Å²) in [5.41, 5.74) is 0. The normalized spacial score (nSPS) is 4.92. The molecular weight excluding hydrogens is 256 g/mol. The van der Waals surface area contributed by atoms with Crippen LogP contribution in [0, 0.1) is 5.43 Å². The first-order valence-electron chi connectivity index (χ1n) is 2.58. The van der Waals surface area contributed by atoms with Crippen molar-refractivity contribution in [2.75, 3.05) is 0 Å². The van der Waals surface area contributed by atoms with Gasteiger partial charge in [-0.1, -0.05) is 0 Å². The van der Waals surface area contributed by atoms with E-state index in [2.05, 4.69) is 0 Å². The quantitative estimate of drug-likeness (QED) is 0.542. The number of nitrogens with zero attached hydrogens (tertiary/aromatic N) is 1. The Kier molecular flexibility index (Phi) is 43.1. The Bertz CT molecular complexity index is 136. The zero-order valence-corrected chi connectivity index (χ0v) is 12.4. The molecule has 0 atom stereocenters. The third kappa shape index (κ3) is 2830. The first kappa shape index (κ1) is 22.9. The molecular formula is C5H10KNO4Se. The molecule has 0 rings (SSSR count). The van der Waals surface area contributed by atoms with Gasteiger partial charge in [0, 0.05) is 13.8 Å². The second kappa shape index (κ2) is 22.6. The molecule has 0 aromatic rings. The second-order valence-corrected chi connectivity index (χ2v) is 1.96. The molecule has 0 bridgehead atoms. The fourth-order valence-corrected chi connectivity index (χ4v) is 0. The van der Waals surface area contributed by atoms with Crippen molar-refractivity contribution in [2.24, 2.45) is 0 Å². The maximum atomic E-state index is 9.00. The van der Waals surface area contributed by atoms with Crippen molar-refractivity contribution in [1.82, 2.24) is 0 Å². The van der Waals surface area contributed by atoms with Crippen LogP contribution in [-0.4, -0.2) is 88.2 Å². The molecule has 0 aromatic heterocycles. The number of aliphatic carboxylic acids is 2. The molecule has 0 saturated carbocycles. The summed E-state index contributed by atoms with van der Waals surface area (Å²) in [6, 6.07) is 0. The molecule has 2 N–H and O–H groups in total. The molecule has 0 heterocycles. The van der Waals surface area contributed by atoms with E-state index in [1.54, 1.807) is 0 Å². The Labute approximate surface area is 115 Å². The van der Waals surface area contributed by atoms with E-state index in [1.165, 1.54) is 0 Å². The summed E-state index contributed by atoms with van der Waals surface area (Å²) >= 11 is 0.410. The van der Waals surface area contributed by atoms with E-state index in [4.69, 9.17) is 25.1 Å². The standard InChI is InChI=1S/2C2H4O2.CN.K.H2Se/c2*1-2(3)4;1-2;;/h2*1H3,(H,3,4);;;1H2. The van der Waals surface area contributed by atoms with Crippen LogP contribution in [0.5, 0.6) is 0 Å². The number of hydrogen-bond donors (Lipinski definition) is 2. The Morgan fingerprint density at radius 1 is 1.25 bits per heavy atom. The number of rotatable bonds is 0. The van der Waals surface area contributed by atoms with Gasteiger partial charge in [-0.25, -0.2) is 0 Å². The van der Waals surface area contributed by atoms with Crippen LogP contribution in [0.15, 0.2) is 0 Å². The van der Waals surface area contributed by atoms with Crippen molar-refractivity contribution in [3.63, 3.8) is 0 Å². The molecule has 0 amide bonds. The van der Waals surface area contributed by atoms with Crippen LogP contribution in [0.2, 0.25) is 0 Å². The Morgan fingerprint density at radius 3 is 1.25 bits per heavy atom. The van der Waals surface area contributed by atoms with Crippen LogP contribution in [0.25, 0.3) is 0 Å². The predicted molar refractivity (Wildman–Crippen MR) is 46.5 cm³/mol. The minimum absolute atomic E-state index is 0. The molecule has 66 valence electrons. The van der Waals surface area contributed by atoms with Crippen molar-refractivity contribution in [1.29, 1.82) is 5.26 Å². The number of carbonyl (C=O) groups is 2. The van der Waals surface area contributed by atoms with E-state index in [9.17, 15) is 0 Å².